The largest absolute Gasteiger partial charge is 0.358 e. The molecule has 0 aliphatic rings. The fourth-order valence-electron chi connectivity index (χ4n) is 1.97. The highest BCUT2D eigenvalue weighted by molar-refractivity contribution is 7.14. The van der Waals surface area contributed by atoms with Crippen LogP contribution in [0.3, 0.4) is 0 Å². The van der Waals surface area contributed by atoms with Crippen LogP contribution in [-0.4, -0.2) is 30.9 Å². The van der Waals surface area contributed by atoms with Crippen LogP contribution in [0.25, 0.3) is 0 Å². The van der Waals surface area contributed by atoms with E-state index in [0.717, 1.165) is 5.56 Å². The Labute approximate surface area is 145 Å². The summed E-state index contributed by atoms with van der Waals surface area (Å²) in [6, 6.07) is 7.22. The van der Waals surface area contributed by atoms with Crippen LogP contribution in [0.4, 0.5) is 10.9 Å². The van der Waals surface area contributed by atoms with E-state index in [-0.39, 0.29) is 12.4 Å². The molecule has 2 aromatic heterocycles. The molecular formula is C14H11ClN6O2S. The fourth-order valence-corrected chi connectivity index (χ4v) is 2.77. The lowest BCUT2D eigenvalue weighted by atomic mass is 10.2. The zero-order valence-corrected chi connectivity index (χ0v) is 14.0. The molecule has 122 valence electrons. The van der Waals surface area contributed by atoms with Gasteiger partial charge in [0.05, 0.1) is 0 Å². The van der Waals surface area contributed by atoms with Gasteiger partial charge in [0.1, 0.15) is 12.7 Å². The first-order valence-corrected chi connectivity index (χ1v) is 8.01. The first kappa shape index (κ1) is 16.2. The van der Waals surface area contributed by atoms with E-state index in [1.165, 1.54) is 22.1 Å². The molecule has 3 rings (SSSR count). The number of nitro groups is 1. The van der Waals surface area contributed by atoms with Crippen molar-refractivity contribution in [2.45, 2.75) is 13.5 Å². The summed E-state index contributed by atoms with van der Waals surface area (Å²) in [5.41, 5.74) is 0.886. The Morgan fingerprint density at radius 3 is 2.83 bits per heavy atom. The van der Waals surface area contributed by atoms with Gasteiger partial charge in [-0.2, -0.15) is 0 Å². The van der Waals surface area contributed by atoms with E-state index in [9.17, 15) is 10.1 Å². The number of imidazole rings is 1. The highest BCUT2D eigenvalue weighted by Gasteiger charge is 2.19. The molecule has 8 nitrogen and oxygen atoms in total. The van der Waals surface area contributed by atoms with Crippen molar-refractivity contribution in [2.75, 3.05) is 0 Å². The number of benzene rings is 1. The van der Waals surface area contributed by atoms with Gasteiger partial charge in [0.2, 0.25) is 5.13 Å². The minimum absolute atomic E-state index is 0.0751. The number of aromatic nitrogens is 4. The summed E-state index contributed by atoms with van der Waals surface area (Å²) in [7, 11) is 0. The molecule has 0 saturated carbocycles. The van der Waals surface area contributed by atoms with Crippen molar-refractivity contribution in [1.82, 2.24) is 19.7 Å². The van der Waals surface area contributed by atoms with Crippen LogP contribution in [0.2, 0.25) is 5.02 Å². The van der Waals surface area contributed by atoms with Crippen molar-refractivity contribution in [3.05, 3.63) is 62.0 Å². The lowest BCUT2D eigenvalue weighted by molar-refractivity contribution is -0.392. The molecule has 0 spiro atoms. The number of rotatable bonds is 5. The van der Waals surface area contributed by atoms with Crippen molar-refractivity contribution in [3.8, 4) is 0 Å². The second-order valence-corrected chi connectivity index (χ2v) is 6.27. The first-order chi connectivity index (χ1) is 11.5. The fraction of sp³-hybridized carbons (Fsp3) is 0.143. The van der Waals surface area contributed by atoms with E-state index in [1.54, 1.807) is 25.3 Å². The minimum atomic E-state index is -0.472. The Morgan fingerprint density at radius 1 is 1.38 bits per heavy atom. The molecule has 2 heterocycles. The maximum atomic E-state index is 11.0. The summed E-state index contributed by atoms with van der Waals surface area (Å²) in [6.45, 7) is 1.93. The predicted molar refractivity (Wildman–Crippen MR) is 91.3 cm³/mol. The summed E-state index contributed by atoms with van der Waals surface area (Å²) >= 11 is 7.09. The highest BCUT2D eigenvalue weighted by atomic mass is 35.5. The van der Waals surface area contributed by atoms with Gasteiger partial charge in [0, 0.05) is 18.2 Å². The number of hydrogen-bond acceptors (Lipinski definition) is 7. The lowest BCUT2D eigenvalue weighted by Crippen LogP contribution is -2.05. The average Bonchev–Trinajstić information content (AvgIpc) is 3.15. The summed E-state index contributed by atoms with van der Waals surface area (Å²) in [6.07, 6.45) is 2.89. The number of aryl methyl sites for hydroxylation is 1. The van der Waals surface area contributed by atoms with Crippen molar-refractivity contribution in [3.63, 3.8) is 0 Å². The lowest BCUT2D eigenvalue weighted by Gasteiger charge is -1.99. The topological polar surface area (TPSA) is 99.1 Å². The van der Waals surface area contributed by atoms with E-state index >= 15 is 0 Å². The van der Waals surface area contributed by atoms with Crippen LogP contribution < -0.4 is 0 Å². The molecule has 0 saturated heterocycles. The quantitative estimate of drug-likeness (QED) is 0.393. The standard InChI is InChI=1S/C14H11ClN6O2S/c1-9-16-7-13(21(22)23)20(9)8-12-18-19-14(24-12)17-6-10-2-4-11(15)5-3-10/h2-7H,8H2,1H3. The van der Waals surface area contributed by atoms with Gasteiger partial charge >= 0.3 is 5.82 Å². The smallest absolute Gasteiger partial charge is 0.343 e. The van der Waals surface area contributed by atoms with Crippen molar-refractivity contribution in [1.29, 1.82) is 0 Å². The Morgan fingerprint density at radius 2 is 2.12 bits per heavy atom. The van der Waals surface area contributed by atoms with Crippen LogP contribution >= 0.6 is 22.9 Å². The third-order valence-corrected chi connectivity index (χ3v) is 4.23. The summed E-state index contributed by atoms with van der Waals surface area (Å²) in [4.78, 5) is 18.7. The van der Waals surface area contributed by atoms with Crippen molar-refractivity contribution in [2.24, 2.45) is 4.99 Å². The SMILES string of the molecule is Cc1ncc([N+](=O)[O-])n1Cc1nnc(N=Cc2ccc(Cl)cc2)s1. The van der Waals surface area contributed by atoms with E-state index < -0.39 is 4.92 Å². The molecule has 3 aromatic rings. The average molecular weight is 363 g/mol. The number of nitrogens with zero attached hydrogens (tertiary/aromatic N) is 6. The molecule has 0 fully saturated rings. The van der Waals surface area contributed by atoms with Crippen LogP contribution in [0, 0.1) is 17.0 Å². The van der Waals surface area contributed by atoms with Gasteiger partial charge in [-0.15, -0.1) is 10.2 Å². The monoisotopic (exact) mass is 362 g/mol. The maximum absolute atomic E-state index is 11.0. The maximum Gasteiger partial charge on any atom is 0.343 e. The van der Waals surface area contributed by atoms with Gasteiger partial charge in [-0.25, -0.2) is 14.5 Å². The van der Waals surface area contributed by atoms with Crippen LogP contribution in [-0.2, 0) is 6.54 Å². The Balaban J connectivity index is 1.75. The number of aliphatic imine (C=N–C) groups is 1. The van der Waals surface area contributed by atoms with E-state index in [4.69, 9.17) is 11.6 Å². The van der Waals surface area contributed by atoms with Gasteiger partial charge < -0.3 is 10.1 Å². The summed E-state index contributed by atoms with van der Waals surface area (Å²) < 4.78 is 1.48. The third kappa shape index (κ3) is 3.63. The first-order valence-electron chi connectivity index (χ1n) is 6.81. The third-order valence-electron chi connectivity index (χ3n) is 3.16. The zero-order valence-electron chi connectivity index (χ0n) is 12.5. The van der Waals surface area contributed by atoms with Crippen molar-refractivity contribution < 1.29 is 4.92 Å². The number of hydrogen-bond donors (Lipinski definition) is 0. The van der Waals surface area contributed by atoms with Gasteiger partial charge in [-0.05, 0) is 22.6 Å². The Kier molecular flexibility index (Phi) is 4.63. The van der Waals surface area contributed by atoms with Crippen LogP contribution in [0.1, 0.15) is 16.4 Å². The molecule has 24 heavy (non-hydrogen) atoms. The second kappa shape index (κ2) is 6.85. The minimum Gasteiger partial charge on any atom is -0.358 e. The molecule has 10 heteroatoms. The normalized spacial score (nSPS) is 11.2. The van der Waals surface area contributed by atoms with Crippen LogP contribution in [0.15, 0.2) is 35.5 Å². The van der Waals surface area contributed by atoms with Crippen molar-refractivity contribution >= 4 is 40.1 Å². The predicted octanol–water partition coefficient (Wildman–Crippen LogP) is 3.40. The molecular weight excluding hydrogens is 352 g/mol. The Bertz CT molecular complexity index is 902. The molecule has 0 unspecified atom stereocenters. The number of halogens is 1. The summed E-state index contributed by atoms with van der Waals surface area (Å²) in [5, 5.41) is 20.7. The van der Waals surface area contributed by atoms with Gasteiger partial charge in [-0.1, -0.05) is 35.1 Å². The Hall–Kier alpha value is -2.65. The summed E-state index contributed by atoms with van der Waals surface area (Å²) in [5.74, 6) is 0.469. The molecule has 0 radical (unpaired) electrons. The molecule has 1 aromatic carbocycles. The second-order valence-electron chi connectivity index (χ2n) is 4.79. The van der Waals surface area contributed by atoms with Gasteiger partial charge in [0.25, 0.3) is 0 Å². The van der Waals surface area contributed by atoms with E-state index in [2.05, 4.69) is 20.2 Å². The molecule has 0 aliphatic carbocycles. The van der Waals surface area contributed by atoms with Gasteiger partial charge in [-0.3, -0.25) is 0 Å². The molecule has 0 N–H and O–H groups in total. The highest BCUT2D eigenvalue weighted by Crippen LogP contribution is 2.22. The zero-order chi connectivity index (χ0) is 17.1. The van der Waals surface area contributed by atoms with Crippen LogP contribution in [0.5, 0.6) is 0 Å². The van der Waals surface area contributed by atoms with E-state index in [1.807, 2.05) is 12.1 Å². The molecule has 0 amide bonds. The molecule has 0 atom stereocenters. The van der Waals surface area contributed by atoms with E-state index in [0.29, 0.717) is 21.0 Å². The molecule has 0 aliphatic heterocycles. The van der Waals surface area contributed by atoms with Gasteiger partial charge in [0.15, 0.2) is 10.8 Å². The molecule has 0 bridgehead atoms.